The fourth-order valence-electron chi connectivity index (χ4n) is 1.89. The quantitative estimate of drug-likeness (QED) is 0.794. The Balaban J connectivity index is 1.68. The zero-order valence-corrected chi connectivity index (χ0v) is 10.3. The van der Waals surface area contributed by atoms with Crippen molar-refractivity contribution in [2.45, 2.75) is 38.3 Å². The third kappa shape index (κ3) is 3.47. The van der Waals surface area contributed by atoms with Crippen LogP contribution in [0.25, 0.3) is 0 Å². The number of thiocarbonyl (C=S) groups is 1. The van der Waals surface area contributed by atoms with Crippen molar-refractivity contribution >= 4 is 28.7 Å². The highest BCUT2D eigenvalue weighted by atomic mass is 32.1. The van der Waals surface area contributed by atoms with Crippen LogP contribution in [0.15, 0.2) is 17.5 Å². The van der Waals surface area contributed by atoms with Gasteiger partial charge < -0.3 is 10.6 Å². The first-order valence-corrected chi connectivity index (χ1v) is 6.70. The second-order valence-corrected chi connectivity index (χ2v) is 5.33. The summed E-state index contributed by atoms with van der Waals surface area (Å²) in [6.07, 6.45) is 5.21. The van der Waals surface area contributed by atoms with Gasteiger partial charge in [-0.2, -0.15) is 0 Å². The summed E-state index contributed by atoms with van der Waals surface area (Å²) in [6, 6.07) is 4.79. The molecule has 1 heterocycles. The Morgan fingerprint density at radius 3 is 2.93 bits per heavy atom. The minimum Gasteiger partial charge on any atom is -0.360 e. The zero-order chi connectivity index (χ0) is 10.5. The zero-order valence-electron chi connectivity index (χ0n) is 8.66. The normalized spacial score (nSPS) is 16.5. The van der Waals surface area contributed by atoms with Crippen LogP contribution >= 0.6 is 23.6 Å². The highest BCUT2D eigenvalue weighted by molar-refractivity contribution is 7.80. The van der Waals surface area contributed by atoms with E-state index in [4.69, 9.17) is 12.2 Å². The van der Waals surface area contributed by atoms with E-state index in [-0.39, 0.29) is 0 Å². The van der Waals surface area contributed by atoms with E-state index >= 15 is 0 Å². The van der Waals surface area contributed by atoms with Crippen LogP contribution in [0.3, 0.4) is 0 Å². The number of hydrogen-bond acceptors (Lipinski definition) is 2. The second-order valence-electron chi connectivity index (χ2n) is 3.89. The maximum atomic E-state index is 5.25. The van der Waals surface area contributed by atoms with Gasteiger partial charge >= 0.3 is 0 Å². The summed E-state index contributed by atoms with van der Waals surface area (Å²) < 4.78 is 0. The van der Waals surface area contributed by atoms with Crippen molar-refractivity contribution in [2.75, 3.05) is 0 Å². The third-order valence-electron chi connectivity index (χ3n) is 2.69. The molecule has 1 aliphatic carbocycles. The Morgan fingerprint density at radius 2 is 2.27 bits per heavy atom. The smallest absolute Gasteiger partial charge is 0.166 e. The molecule has 1 aromatic rings. The molecule has 82 valence electrons. The molecule has 0 amide bonds. The highest BCUT2D eigenvalue weighted by Crippen LogP contribution is 2.17. The SMILES string of the molecule is S=C(NCc1cccs1)NC1CCCC1. The summed E-state index contributed by atoms with van der Waals surface area (Å²) in [5, 5.41) is 9.50. The predicted molar refractivity (Wildman–Crippen MR) is 69.1 cm³/mol. The van der Waals surface area contributed by atoms with E-state index in [9.17, 15) is 0 Å². The lowest BCUT2D eigenvalue weighted by Gasteiger charge is -2.15. The van der Waals surface area contributed by atoms with Crippen LogP contribution in [0.2, 0.25) is 0 Å². The van der Waals surface area contributed by atoms with E-state index in [0.29, 0.717) is 6.04 Å². The van der Waals surface area contributed by atoms with Crippen LogP contribution in [0.1, 0.15) is 30.6 Å². The summed E-state index contributed by atoms with van der Waals surface area (Å²) in [6.45, 7) is 0.843. The average molecular weight is 240 g/mol. The molecule has 2 rings (SSSR count). The molecule has 0 unspecified atom stereocenters. The van der Waals surface area contributed by atoms with E-state index in [1.54, 1.807) is 11.3 Å². The van der Waals surface area contributed by atoms with Crippen molar-refractivity contribution in [1.82, 2.24) is 10.6 Å². The topological polar surface area (TPSA) is 24.1 Å². The van der Waals surface area contributed by atoms with Gasteiger partial charge in [0.1, 0.15) is 0 Å². The van der Waals surface area contributed by atoms with Gasteiger partial charge in [-0.25, -0.2) is 0 Å². The number of rotatable bonds is 3. The van der Waals surface area contributed by atoms with Gasteiger partial charge in [-0.3, -0.25) is 0 Å². The van der Waals surface area contributed by atoms with E-state index < -0.39 is 0 Å². The van der Waals surface area contributed by atoms with E-state index in [1.165, 1.54) is 30.6 Å². The van der Waals surface area contributed by atoms with Crippen molar-refractivity contribution in [2.24, 2.45) is 0 Å². The minimum absolute atomic E-state index is 0.605. The lowest BCUT2D eigenvalue weighted by molar-refractivity contribution is 0.621. The molecular weight excluding hydrogens is 224 g/mol. The molecule has 0 bridgehead atoms. The first kappa shape index (κ1) is 10.9. The molecule has 2 N–H and O–H groups in total. The van der Waals surface area contributed by atoms with Gasteiger partial charge in [0, 0.05) is 10.9 Å². The average Bonchev–Trinajstić information content (AvgIpc) is 2.86. The molecule has 1 aromatic heterocycles. The van der Waals surface area contributed by atoms with Gasteiger partial charge in [-0.15, -0.1) is 11.3 Å². The largest absolute Gasteiger partial charge is 0.360 e. The lowest BCUT2D eigenvalue weighted by Crippen LogP contribution is -2.40. The molecule has 15 heavy (non-hydrogen) atoms. The minimum atomic E-state index is 0.605. The fourth-order valence-corrected chi connectivity index (χ4v) is 2.77. The molecule has 0 radical (unpaired) electrons. The number of thiophene rings is 1. The summed E-state index contributed by atoms with van der Waals surface area (Å²) in [4.78, 5) is 1.32. The molecule has 2 nitrogen and oxygen atoms in total. The van der Waals surface area contributed by atoms with E-state index in [1.807, 2.05) is 0 Å². The second kappa shape index (κ2) is 5.47. The molecule has 0 spiro atoms. The van der Waals surface area contributed by atoms with Crippen LogP contribution in [0.5, 0.6) is 0 Å². The van der Waals surface area contributed by atoms with Crippen molar-refractivity contribution < 1.29 is 0 Å². The summed E-state index contributed by atoms with van der Waals surface area (Å²) in [5.74, 6) is 0. The van der Waals surface area contributed by atoms with Gasteiger partial charge in [-0.05, 0) is 36.5 Å². The number of nitrogens with one attached hydrogen (secondary N) is 2. The first-order valence-electron chi connectivity index (χ1n) is 5.41. The molecular formula is C11H16N2S2. The third-order valence-corrected chi connectivity index (χ3v) is 3.83. The Labute approximate surface area is 100 Å². The Kier molecular flexibility index (Phi) is 3.97. The molecule has 1 saturated carbocycles. The molecule has 1 fully saturated rings. The summed E-state index contributed by atoms with van der Waals surface area (Å²) in [5.41, 5.74) is 0. The Morgan fingerprint density at radius 1 is 1.47 bits per heavy atom. The van der Waals surface area contributed by atoms with Gasteiger partial charge in [0.05, 0.1) is 6.54 Å². The first-order chi connectivity index (χ1) is 7.34. The summed E-state index contributed by atoms with van der Waals surface area (Å²) >= 11 is 7.00. The monoisotopic (exact) mass is 240 g/mol. The molecule has 0 atom stereocenters. The van der Waals surface area contributed by atoms with Crippen molar-refractivity contribution in [3.8, 4) is 0 Å². The molecule has 0 aromatic carbocycles. The molecule has 0 saturated heterocycles. The van der Waals surface area contributed by atoms with Crippen LogP contribution in [0.4, 0.5) is 0 Å². The maximum absolute atomic E-state index is 5.25. The van der Waals surface area contributed by atoms with E-state index in [0.717, 1.165) is 11.7 Å². The maximum Gasteiger partial charge on any atom is 0.166 e. The highest BCUT2D eigenvalue weighted by Gasteiger charge is 2.15. The van der Waals surface area contributed by atoms with Gasteiger partial charge in [-0.1, -0.05) is 18.9 Å². The van der Waals surface area contributed by atoms with Crippen molar-refractivity contribution in [3.63, 3.8) is 0 Å². The summed E-state index contributed by atoms with van der Waals surface area (Å²) in [7, 11) is 0. The standard InChI is InChI=1S/C11H16N2S2/c14-11(13-9-4-1-2-5-9)12-8-10-6-3-7-15-10/h3,6-7,9H,1-2,4-5,8H2,(H2,12,13,14). The van der Waals surface area contributed by atoms with Crippen LogP contribution in [-0.4, -0.2) is 11.2 Å². The van der Waals surface area contributed by atoms with Gasteiger partial charge in [0.2, 0.25) is 0 Å². The molecule has 0 aliphatic heterocycles. The Hall–Kier alpha value is -0.610. The Bertz CT molecular complexity index is 302. The molecule has 1 aliphatic rings. The molecule has 4 heteroatoms. The van der Waals surface area contributed by atoms with Crippen LogP contribution in [0, 0.1) is 0 Å². The number of hydrogen-bond donors (Lipinski definition) is 2. The van der Waals surface area contributed by atoms with Crippen LogP contribution in [-0.2, 0) is 6.54 Å². The van der Waals surface area contributed by atoms with E-state index in [2.05, 4.69) is 28.1 Å². The van der Waals surface area contributed by atoms with Crippen molar-refractivity contribution in [1.29, 1.82) is 0 Å². The fraction of sp³-hybridized carbons (Fsp3) is 0.545. The van der Waals surface area contributed by atoms with Gasteiger partial charge in [0.15, 0.2) is 5.11 Å². The van der Waals surface area contributed by atoms with Gasteiger partial charge in [0.25, 0.3) is 0 Å². The predicted octanol–water partition coefficient (Wildman–Crippen LogP) is 2.65. The lowest BCUT2D eigenvalue weighted by atomic mass is 10.3. The van der Waals surface area contributed by atoms with Crippen molar-refractivity contribution in [3.05, 3.63) is 22.4 Å². The van der Waals surface area contributed by atoms with Crippen LogP contribution < -0.4 is 10.6 Å².